The van der Waals surface area contributed by atoms with Crippen LogP contribution in [0.1, 0.15) is 60.5 Å². The van der Waals surface area contributed by atoms with Gasteiger partial charge in [-0.3, -0.25) is 14.2 Å². The van der Waals surface area contributed by atoms with E-state index >= 15 is 0 Å². The van der Waals surface area contributed by atoms with Crippen molar-refractivity contribution in [3.8, 4) is 0 Å². The number of amides is 1. The number of benzene rings is 1. The van der Waals surface area contributed by atoms with Crippen LogP contribution in [0.15, 0.2) is 35.4 Å². The van der Waals surface area contributed by atoms with Gasteiger partial charge in [0.05, 0.1) is 18.3 Å². The summed E-state index contributed by atoms with van der Waals surface area (Å²) in [6.45, 7) is 10.4. The Balaban J connectivity index is 1.61. The minimum absolute atomic E-state index is 0.0462. The van der Waals surface area contributed by atoms with Crippen molar-refractivity contribution in [2.75, 3.05) is 6.54 Å². The van der Waals surface area contributed by atoms with Gasteiger partial charge in [-0.25, -0.2) is 4.98 Å². The molecule has 0 unspecified atom stereocenters. The molecule has 3 heterocycles. The predicted octanol–water partition coefficient (Wildman–Crippen LogP) is 4.36. The molecule has 5 nitrogen and oxygen atoms in total. The number of aryl methyl sites for hydroxylation is 1. The van der Waals surface area contributed by atoms with E-state index in [1.165, 1.54) is 5.56 Å². The molecular formula is C23H27N3O2S. The average molecular weight is 410 g/mol. The summed E-state index contributed by atoms with van der Waals surface area (Å²) >= 11 is 1.54. The standard InChI is InChI=1S/C23H27N3O2S/c1-5-11-26-14-24-20-19(22(26)28)17-10-12-25(13-18(17)29-20)21(27)15-6-8-16(9-7-15)23(2,3)4/h6-9,14H,5,10-13H2,1-4H3. The van der Waals surface area contributed by atoms with Gasteiger partial charge in [0, 0.05) is 23.5 Å². The normalized spacial score (nSPS) is 14.3. The fourth-order valence-electron chi connectivity index (χ4n) is 3.89. The number of nitrogens with zero attached hydrogens (tertiary/aromatic N) is 3. The van der Waals surface area contributed by atoms with Gasteiger partial charge in [0.25, 0.3) is 11.5 Å². The minimum atomic E-state index is 0.0462. The molecule has 1 aliphatic rings. The number of hydrogen-bond acceptors (Lipinski definition) is 4. The maximum Gasteiger partial charge on any atom is 0.262 e. The number of thiophene rings is 1. The lowest BCUT2D eigenvalue weighted by Crippen LogP contribution is -2.35. The first kappa shape index (κ1) is 19.8. The molecule has 0 atom stereocenters. The Bertz CT molecular complexity index is 1120. The van der Waals surface area contributed by atoms with Crippen molar-refractivity contribution in [1.29, 1.82) is 0 Å². The van der Waals surface area contributed by atoms with Gasteiger partial charge in [0.2, 0.25) is 0 Å². The number of carbonyl (C=O) groups excluding carboxylic acids is 1. The quantitative estimate of drug-likeness (QED) is 0.646. The molecule has 1 aromatic carbocycles. The molecule has 0 fully saturated rings. The summed E-state index contributed by atoms with van der Waals surface area (Å²) in [4.78, 5) is 34.2. The molecule has 1 amide bonds. The van der Waals surface area contributed by atoms with E-state index in [2.05, 4.69) is 32.7 Å². The lowest BCUT2D eigenvalue weighted by atomic mass is 9.86. The van der Waals surface area contributed by atoms with Crippen LogP contribution in [0.3, 0.4) is 0 Å². The molecular weight excluding hydrogens is 382 g/mol. The topological polar surface area (TPSA) is 55.2 Å². The molecule has 2 aromatic heterocycles. The zero-order valence-corrected chi connectivity index (χ0v) is 18.3. The summed E-state index contributed by atoms with van der Waals surface area (Å²) in [5, 5.41) is 0.752. The molecule has 0 saturated heterocycles. The Morgan fingerprint density at radius 2 is 1.93 bits per heavy atom. The summed E-state index contributed by atoms with van der Waals surface area (Å²) in [6, 6.07) is 7.94. The van der Waals surface area contributed by atoms with Crippen LogP contribution in [0, 0.1) is 0 Å². The van der Waals surface area contributed by atoms with E-state index in [9.17, 15) is 9.59 Å². The highest BCUT2D eigenvalue weighted by atomic mass is 32.1. The zero-order chi connectivity index (χ0) is 20.8. The van der Waals surface area contributed by atoms with Gasteiger partial charge in [-0.05, 0) is 41.5 Å². The van der Waals surface area contributed by atoms with Crippen molar-refractivity contribution < 1.29 is 4.79 Å². The largest absolute Gasteiger partial charge is 0.333 e. The van der Waals surface area contributed by atoms with Crippen molar-refractivity contribution in [1.82, 2.24) is 14.5 Å². The average Bonchev–Trinajstić information content (AvgIpc) is 3.07. The molecule has 1 aliphatic heterocycles. The molecule has 0 spiro atoms. The van der Waals surface area contributed by atoms with Gasteiger partial charge in [0.15, 0.2) is 0 Å². The highest BCUT2D eigenvalue weighted by molar-refractivity contribution is 7.18. The summed E-state index contributed by atoms with van der Waals surface area (Å²) in [6.07, 6.45) is 3.25. The van der Waals surface area contributed by atoms with Gasteiger partial charge in [-0.15, -0.1) is 11.3 Å². The summed E-state index contributed by atoms with van der Waals surface area (Å²) in [5.41, 5.74) is 3.13. The van der Waals surface area contributed by atoms with E-state index in [0.29, 0.717) is 31.6 Å². The number of fused-ring (bicyclic) bond motifs is 3. The maximum absolute atomic E-state index is 13.0. The Hall–Kier alpha value is -2.47. The fourth-order valence-corrected chi connectivity index (χ4v) is 5.08. The third-order valence-corrected chi connectivity index (χ3v) is 6.70. The molecule has 29 heavy (non-hydrogen) atoms. The summed E-state index contributed by atoms with van der Waals surface area (Å²) < 4.78 is 1.70. The summed E-state index contributed by atoms with van der Waals surface area (Å²) in [5.74, 6) is 0.0462. The third-order valence-electron chi connectivity index (χ3n) is 5.58. The van der Waals surface area contributed by atoms with Crippen molar-refractivity contribution in [3.05, 3.63) is 62.5 Å². The first-order chi connectivity index (χ1) is 13.8. The van der Waals surface area contributed by atoms with Gasteiger partial charge in [0.1, 0.15) is 4.83 Å². The van der Waals surface area contributed by atoms with Crippen molar-refractivity contribution in [2.45, 2.75) is 59.0 Å². The van der Waals surface area contributed by atoms with Crippen LogP contribution in [0.5, 0.6) is 0 Å². The molecule has 0 bridgehead atoms. The van der Waals surface area contributed by atoms with Crippen LogP contribution in [-0.4, -0.2) is 26.9 Å². The Morgan fingerprint density at radius 1 is 1.21 bits per heavy atom. The first-order valence-electron chi connectivity index (χ1n) is 10.2. The smallest absolute Gasteiger partial charge is 0.262 e. The van der Waals surface area contributed by atoms with E-state index in [-0.39, 0.29) is 16.9 Å². The fraction of sp³-hybridized carbons (Fsp3) is 0.435. The number of hydrogen-bond donors (Lipinski definition) is 0. The van der Waals surface area contributed by atoms with Crippen molar-refractivity contribution >= 4 is 27.5 Å². The van der Waals surface area contributed by atoms with Crippen molar-refractivity contribution in [2.24, 2.45) is 0 Å². The second-order valence-electron chi connectivity index (χ2n) is 8.73. The van der Waals surface area contributed by atoms with E-state index in [4.69, 9.17) is 0 Å². The lowest BCUT2D eigenvalue weighted by molar-refractivity contribution is 0.0737. The highest BCUT2D eigenvalue weighted by Gasteiger charge is 2.27. The molecule has 0 saturated carbocycles. The van der Waals surface area contributed by atoms with Crippen molar-refractivity contribution in [3.63, 3.8) is 0 Å². The van der Waals surface area contributed by atoms with Crippen LogP contribution in [0.4, 0.5) is 0 Å². The van der Waals surface area contributed by atoms with E-state index in [1.807, 2.05) is 29.2 Å². The molecule has 0 N–H and O–H groups in total. The monoisotopic (exact) mass is 409 g/mol. The zero-order valence-electron chi connectivity index (χ0n) is 17.5. The Morgan fingerprint density at radius 3 is 2.59 bits per heavy atom. The van der Waals surface area contributed by atoms with E-state index < -0.39 is 0 Å². The third kappa shape index (κ3) is 3.62. The lowest BCUT2D eigenvalue weighted by Gasteiger charge is -2.27. The van der Waals surface area contributed by atoms with Crippen LogP contribution in [-0.2, 0) is 24.9 Å². The van der Waals surface area contributed by atoms with Gasteiger partial charge in [-0.2, -0.15) is 0 Å². The van der Waals surface area contributed by atoms with E-state index in [0.717, 1.165) is 27.1 Å². The number of rotatable bonds is 3. The van der Waals surface area contributed by atoms with Gasteiger partial charge < -0.3 is 4.90 Å². The molecule has 3 aromatic rings. The summed E-state index contributed by atoms with van der Waals surface area (Å²) in [7, 11) is 0. The van der Waals surface area contributed by atoms with Crippen LogP contribution in [0.25, 0.3) is 10.2 Å². The second-order valence-corrected chi connectivity index (χ2v) is 9.81. The number of carbonyl (C=O) groups is 1. The van der Waals surface area contributed by atoms with Crippen LogP contribution < -0.4 is 5.56 Å². The first-order valence-corrected chi connectivity index (χ1v) is 11.0. The molecule has 0 radical (unpaired) electrons. The highest BCUT2D eigenvalue weighted by Crippen LogP contribution is 2.33. The molecule has 4 rings (SSSR count). The molecule has 0 aliphatic carbocycles. The number of aromatic nitrogens is 2. The van der Waals surface area contributed by atoms with E-state index in [1.54, 1.807) is 22.2 Å². The molecule has 152 valence electrons. The Labute approximate surface area is 175 Å². The predicted molar refractivity (Wildman–Crippen MR) is 118 cm³/mol. The van der Waals surface area contributed by atoms with Gasteiger partial charge >= 0.3 is 0 Å². The molecule has 6 heteroatoms. The van der Waals surface area contributed by atoms with Crippen LogP contribution >= 0.6 is 11.3 Å². The van der Waals surface area contributed by atoms with Crippen LogP contribution in [0.2, 0.25) is 0 Å². The second kappa shape index (κ2) is 7.41. The Kier molecular flexibility index (Phi) is 5.07. The van der Waals surface area contributed by atoms with Gasteiger partial charge in [-0.1, -0.05) is 39.8 Å². The SMILES string of the molecule is CCCn1cnc2sc3c(c2c1=O)CCN(C(=O)c1ccc(C(C)(C)C)cc1)C3. The maximum atomic E-state index is 13.0. The minimum Gasteiger partial charge on any atom is -0.333 e.